The highest BCUT2D eigenvalue weighted by Gasteiger charge is 2.30. The Morgan fingerprint density at radius 3 is 2.93 bits per heavy atom. The molecular formula is C13H17N. The van der Waals surface area contributed by atoms with Gasteiger partial charge in [-0.3, -0.25) is 0 Å². The molecule has 0 spiro atoms. The smallest absolute Gasteiger partial charge is 0.0136 e. The lowest BCUT2D eigenvalue weighted by molar-refractivity contribution is 0.486. The number of hydrogen-bond acceptors (Lipinski definition) is 1. The molecule has 14 heavy (non-hydrogen) atoms. The van der Waals surface area contributed by atoms with Gasteiger partial charge in [-0.1, -0.05) is 24.3 Å². The number of nitrogens with one attached hydrogen (secondary N) is 1. The molecule has 1 fully saturated rings. The SMILES string of the molecule is c1ccc2c(c1)CC[C@H]2[C@H]1CCCN1. The van der Waals surface area contributed by atoms with E-state index < -0.39 is 0 Å². The fraction of sp³-hybridized carbons (Fsp3) is 0.538. The molecule has 0 amide bonds. The molecule has 0 saturated carbocycles. The first-order chi connectivity index (χ1) is 6.95. The predicted octanol–water partition coefficient (Wildman–Crippen LogP) is 2.47. The van der Waals surface area contributed by atoms with Gasteiger partial charge in [0, 0.05) is 6.04 Å². The highest BCUT2D eigenvalue weighted by molar-refractivity contribution is 5.36. The number of benzene rings is 1. The highest BCUT2D eigenvalue weighted by atomic mass is 14.9. The van der Waals surface area contributed by atoms with Crippen LogP contribution in [0.1, 0.15) is 36.3 Å². The minimum Gasteiger partial charge on any atom is -0.313 e. The van der Waals surface area contributed by atoms with Crippen LogP contribution < -0.4 is 5.32 Å². The van der Waals surface area contributed by atoms with Gasteiger partial charge in [0.25, 0.3) is 0 Å². The largest absolute Gasteiger partial charge is 0.313 e. The first-order valence-corrected chi connectivity index (χ1v) is 5.76. The van der Waals surface area contributed by atoms with Gasteiger partial charge in [0.2, 0.25) is 0 Å². The summed E-state index contributed by atoms with van der Waals surface area (Å²) in [5, 5.41) is 3.64. The van der Waals surface area contributed by atoms with E-state index in [1.807, 2.05) is 0 Å². The topological polar surface area (TPSA) is 12.0 Å². The Hall–Kier alpha value is -0.820. The third-order valence-corrected chi connectivity index (χ3v) is 3.76. The maximum atomic E-state index is 3.64. The van der Waals surface area contributed by atoms with Gasteiger partial charge in [0.1, 0.15) is 0 Å². The standard InChI is InChI=1S/C13H17N/c1-2-5-11-10(4-1)7-8-12(11)13-6-3-9-14-13/h1-2,4-5,12-14H,3,6-9H2/t12-,13-/m1/s1. The summed E-state index contributed by atoms with van der Waals surface area (Å²) >= 11 is 0. The van der Waals surface area contributed by atoms with E-state index in [0.717, 1.165) is 12.0 Å². The van der Waals surface area contributed by atoms with Crippen molar-refractivity contribution in [2.24, 2.45) is 0 Å². The fourth-order valence-corrected chi connectivity index (χ4v) is 3.06. The van der Waals surface area contributed by atoms with Crippen LogP contribution >= 0.6 is 0 Å². The Bertz CT molecular complexity index is 326. The van der Waals surface area contributed by atoms with Crippen molar-refractivity contribution >= 4 is 0 Å². The van der Waals surface area contributed by atoms with Crippen LogP contribution in [0.25, 0.3) is 0 Å². The van der Waals surface area contributed by atoms with Crippen LogP contribution in [0.4, 0.5) is 0 Å². The molecule has 0 aromatic heterocycles. The van der Waals surface area contributed by atoms with E-state index in [1.165, 1.54) is 32.2 Å². The molecule has 0 unspecified atom stereocenters. The van der Waals surface area contributed by atoms with E-state index in [-0.39, 0.29) is 0 Å². The molecule has 1 aromatic carbocycles. The minimum atomic E-state index is 0.763. The summed E-state index contributed by atoms with van der Waals surface area (Å²) in [7, 11) is 0. The van der Waals surface area contributed by atoms with Crippen molar-refractivity contribution in [3.05, 3.63) is 35.4 Å². The van der Waals surface area contributed by atoms with Crippen LogP contribution in [0.3, 0.4) is 0 Å². The highest BCUT2D eigenvalue weighted by Crippen LogP contribution is 2.37. The van der Waals surface area contributed by atoms with E-state index in [1.54, 1.807) is 11.1 Å². The Morgan fingerprint density at radius 1 is 1.14 bits per heavy atom. The number of rotatable bonds is 1. The molecule has 1 aliphatic heterocycles. The van der Waals surface area contributed by atoms with Gasteiger partial charge in [-0.15, -0.1) is 0 Å². The molecule has 1 N–H and O–H groups in total. The summed E-state index contributed by atoms with van der Waals surface area (Å²) in [5.74, 6) is 0.800. The molecule has 1 nitrogen and oxygen atoms in total. The summed E-state index contributed by atoms with van der Waals surface area (Å²) in [4.78, 5) is 0. The van der Waals surface area contributed by atoms with Gasteiger partial charge >= 0.3 is 0 Å². The van der Waals surface area contributed by atoms with Crippen molar-refractivity contribution in [2.75, 3.05) is 6.54 Å². The number of aryl methyl sites for hydroxylation is 1. The first kappa shape index (κ1) is 8.49. The Balaban J connectivity index is 1.89. The van der Waals surface area contributed by atoms with E-state index >= 15 is 0 Å². The summed E-state index contributed by atoms with van der Waals surface area (Å²) in [6.45, 7) is 1.23. The average molecular weight is 187 g/mol. The van der Waals surface area contributed by atoms with Gasteiger partial charge in [0.15, 0.2) is 0 Å². The third-order valence-electron chi connectivity index (χ3n) is 3.76. The van der Waals surface area contributed by atoms with Crippen LogP contribution in [0.15, 0.2) is 24.3 Å². The van der Waals surface area contributed by atoms with E-state index in [2.05, 4.69) is 29.6 Å². The second-order valence-electron chi connectivity index (χ2n) is 4.55. The van der Waals surface area contributed by atoms with Crippen molar-refractivity contribution in [1.29, 1.82) is 0 Å². The maximum Gasteiger partial charge on any atom is 0.0136 e. The Kier molecular flexibility index (Phi) is 2.06. The molecule has 3 rings (SSSR count). The fourth-order valence-electron chi connectivity index (χ4n) is 3.06. The Labute approximate surface area is 85.5 Å². The Morgan fingerprint density at radius 2 is 2.07 bits per heavy atom. The van der Waals surface area contributed by atoms with Gasteiger partial charge in [-0.2, -0.15) is 0 Å². The van der Waals surface area contributed by atoms with Crippen molar-refractivity contribution in [3.8, 4) is 0 Å². The van der Waals surface area contributed by atoms with E-state index in [4.69, 9.17) is 0 Å². The first-order valence-electron chi connectivity index (χ1n) is 5.76. The molecule has 1 saturated heterocycles. The normalized spacial score (nSPS) is 30.6. The van der Waals surface area contributed by atoms with Crippen LogP contribution in [0.2, 0.25) is 0 Å². The average Bonchev–Trinajstić information content (AvgIpc) is 2.85. The summed E-state index contributed by atoms with van der Waals surface area (Å²) in [5.41, 5.74) is 3.21. The molecule has 2 aliphatic rings. The van der Waals surface area contributed by atoms with Crippen molar-refractivity contribution < 1.29 is 0 Å². The second kappa shape index (κ2) is 3.39. The number of hydrogen-bond donors (Lipinski definition) is 1. The molecule has 2 atom stereocenters. The molecule has 1 aromatic rings. The zero-order valence-electron chi connectivity index (χ0n) is 8.50. The van der Waals surface area contributed by atoms with Gasteiger partial charge in [-0.25, -0.2) is 0 Å². The van der Waals surface area contributed by atoms with Crippen LogP contribution in [0, 0.1) is 0 Å². The molecule has 74 valence electrons. The van der Waals surface area contributed by atoms with Crippen LogP contribution in [0.5, 0.6) is 0 Å². The summed E-state index contributed by atoms with van der Waals surface area (Å²) in [6, 6.07) is 9.74. The van der Waals surface area contributed by atoms with Crippen molar-refractivity contribution in [2.45, 2.75) is 37.6 Å². The van der Waals surface area contributed by atoms with E-state index in [9.17, 15) is 0 Å². The van der Waals surface area contributed by atoms with Crippen LogP contribution in [-0.4, -0.2) is 12.6 Å². The maximum absolute atomic E-state index is 3.64. The van der Waals surface area contributed by atoms with E-state index in [0.29, 0.717) is 0 Å². The van der Waals surface area contributed by atoms with Crippen molar-refractivity contribution in [3.63, 3.8) is 0 Å². The second-order valence-corrected chi connectivity index (χ2v) is 4.55. The van der Waals surface area contributed by atoms with Gasteiger partial charge < -0.3 is 5.32 Å². The molecule has 0 radical (unpaired) electrons. The minimum absolute atomic E-state index is 0.763. The van der Waals surface area contributed by atoms with Gasteiger partial charge in [0.05, 0.1) is 0 Å². The van der Waals surface area contributed by atoms with Crippen molar-refractivity contribution in [1.82, 2.24) is 5.32 Å². The molecular weight excluding hydrogens is 170 g/mol. The zero-order valence-corrected chi connectivity index (χ0v) is 8.50. The third kappa shape index (κ3) is 1.27. The summed E-state index contributed by atoms with van der Waals surface area (Å²) < 4.78 is 0. The predicted molar refractivity (Wildman–Crippen MR) is 58.5 cm³/mol. The zero-order chi connectivity index (χ0) is 9.38. The van der Waals surface area contributed by atoms with Gasteiger partial charge in [-0.05, 0) is 49.3 Å². The lowest BCUT2D eigenvalue weighted by Crippen LogP contribution is -2.27. The molecule has 1 aliphatic carbocycles. The number of fused-ring (bicyclic) bond motifs is 1. The lowest BCUT2D eigenvalue weighted by Gasteiger charge is -2.19. The molecule has 0 bridgehead atoms. The molecule has 1 heteroatoms. The summed E-state index contributed by atoms with van der Waals surface area (Å²) in [6.07, 6.45) is 5.39. The monoisotopic (exact) mass is 187 g/mol. The lowest BCUT2D eigenvalue weighted by atomic mass is 9.92. The van der Waals surface area contributed by atoms with Crippen LogP contribution in [-0.2, 0) is 6.42 Å². The quantitative estimate of drug-likeness (QED) is 0.712. The molecule has 1 heterocycles.